The summed E-state index contributed by atoms with van der Waals surface area (Å²) < 4.78 is 12.6. The Kier molecular flexibility index (Phi) is 7.61. The van der Waals surface area contributed by atoms with Gasteiger partial charge < -0.3 is 9.16 Å². The Morgan fingerprint density at radius 1 is 0.758 bits per heavy atom. The lowest BCUT2D eigenvalue weighted by Crippen LogP contribution is -2.66. The van der Waals surface area contributed by atoms with Gasteiger partial charge in [-0.1, -0.05) is 113 Å². The highest BCUT2D eigenvalue weighted by Gasteiger charge is 2.50. The predicted molar refractivity (Wildman–Crippen MR) is 139 cm³/mol. The molecule has 0 aromatic heterocycles. The van der Waals surface area contributed by atoms with E-state index in [-0.39, 0.29) is 16.4 Å². The number of hydrogen-bond donors (Lipinski definition) is 0. The van der Waals surface area contributed by atoms with Gasteiger partial charge in [0.05, 0.1) is 0 Å². The molecule has 4 heteroatoms. The lowest BCUT2D eigenvalue weighted by molar-refractivity contribution is -0.131. The maximum Gasteiger partial charge on any atom is 0.308 e. The van der Waals surface area contributed by atoms with Crippen molar-refractivity contribution in [2.24, 2.45) is 0 Å². The highest BCUT2D eigenvalue weighted by atomic mass is 28.4. The molecule has 0 aliphatic heterocycles. The monoisotopic (exact) mass is 460 g/mol. The number of rotatable bonds is 8. The van der Waals surface area contributed by atoms with E-state index < -0.39 is 8.32 Å². The van der Waals surface area contributed by atoms with Gasteiger partial charge in [-0.3, -0.25) is 4.79 Å². The molecule has 3 aromatic rings. The Bertz CT molecular complexity index is 1010. The van der Waals surface area contributed by atoms with Crippen LogP contribution < -0.4 is 15.1 Å². The summed E-state index contributed by atoms with van der Waals surface area (Å²) in [7, 11) is -2.58. The molecule has 0 N–H and O–H groups in total. The lowest BCUT2D eigenvalue weighted by Gasteiger charge is -2.43. The van der Waals surface area contributed by atoms with Gasteiger partial charge >= 0.3 is 5.97 Å². The normalized spacial score (nSPS) is 12.4. The van der Waals surface area contributed by atoms with Crippen LogP contribution in [-0.2, 0) is 14.6 Å². The summed E-state index contributed by atoms with van der Waals surface area (Å²) in [6.07, 6.45) is 0.801. The standard InChI is InChI=1S/C29H36O3Si/c1-23(30)32-27-20-14-13-19-26(27)29(5,6)21-22-31-33(28(2,3)4,24-15-9-7-10-16-24)25-17-11-8-12-18-25/h7-20H,21-22H2,1-6H3. The average Bonchev–Trinajstić information content (AvgIpc) is 2.77. The fraction of sp³-hybridized carbons (Fsp3) is 0.345. The molecular weight excluding hydrogens is 424 g/mol. The molecule has 0 aliphatic carbocycles. The topological polar surface area (TPSA) is 35.5 Å². The van der Waals surface area contributed by atoms with Crippen LogP contribution in [0.15, 0.2) is 84.9 Å². The molecule has 0 saturated heterocycles. The molecule has 0 fully saturated rings. The van der Waals surface area contributed by atoms with Crippen LogP contribution in [0.25, 0.3) is 0 Å². The van der Waals surface area contributed by atoms with Crippen molar-refractivity contribution >= 4 is 24.7 Å². The summed E-state index contributed by atoms with van der Waals surface area (Å²) >= 11 is 0. The Balaban J connectivity index is 1.95. The molecule has 0 atom stereocenters. The van der Waals surface area contributed by atoms with E-state index in [9.17, 15) is 4.79 Å². The van der Waals surface area contributed by atoms with E-state index in [1.165, 1.54) is 17.3 Å². The fourth-order valence-corrected chi connectivity index (χ4v) is 9.19. The third-order valence-electron chi connectivity index (χ3n) is 6.33. The molecule has 3 nitrogen and oxygen atoms in total. The van der Waals surface area contributed by atoms with Gasteiger partial charge in [0.1, 0.15) is 5.75 Å². The first-order chi connectivity index (χ1) is 15.6. The van der Waals surface area contributed by atoms with Crippen molar-refractivity contribution in [3.8, 4) is 5.75 Å². The van der Waals surface area contributed by atoms with E-state index in [4.69, 9.17) is 9.16 Å². The van der Waals surface area contributed by atoms with E-state index in [1.54, 1.807) is 0 Å². The first-order valence-electron chi connectivity index (χ1n) is 11.6. The van der Waals surface area contributed by atoms with Gasteiger partial charge in [-0.05, 0) is 33.3 Å². The minimum absolute atomic E-state index is 0.0600. The van der Waals surface area contributed by atoms with Gasteiger partial charge in [-0.25, -0.2) is 0 Å². The molecule has 3 rings (SSSR count). The van der Waals surface area contributed by atoms with Crippen molar-refractivity contribution in [3.05, 3.63) is 90.5 Å². The van der Waals surface area contributed by atoms with Crippen molar-refractivity contribution in [1.29, 1.82) is 0 Å². The maximum absolute atomic E-state index is 11.6. The highest BCUT2D eigenvalue weighted by molar-refractivity contribution is 6.99. The summed E-state index contributed by atoms with van der Waals surface area (Å²) in [5.74, 6) is 0.322. The number of para-hydroxylation sites is 1. The van der Waals surface area contributed by atoms with Crippen LogP contribution in [0.4, 0.5) is 0 Å². The van der Waals surface area contributed by atoms with Crippen LogP contribution in [0.2, 0.25) is 5.04 Å². The van der Waals surface area contributed by atoms with Crippen molar-refractivity contribution in [1.82, 2.24) is 0 Å². The van der Waals surface area contributed by atoms with Crippen LogP contribution in [0.3, 0.4) is 0 Å². The van der Waals surface area contributed by atoms with Crippen molar-refractivity contribution in [3.63, 3.8) is 0 Å². The molecule has 0 spiro atoms. The molecule has 0 heterocycles. The molecule has 33 heavy (non-hydrogen) atoms. The summed E-state index contributed by atoms with van der Waals surface area (Å²) in [6.45, 7) is 13.3. The molecule has 0 bridgehead atoms. The largest absolute Gasteiger partial charge is 0.426 e. The van der Waals surface area contributed by atoms with Crippen LogP contribution in [0, 0.1) is 0 Å². The molecule has 0 amide bonds. The minimum atomic E-state index is -2.58. The van der Waals surface area contributed by atoms with Gasteiger partial charge in [0, 0.05) is 19.1 Å². The number of carbonyl (C=O) groups excluding carboxylic acids is 1. The van der Waals surface area contributed by atoms with E-state index in [0.717, 1.165) is 12.0 Å². The second-order valence-electron chi connectivity index (χ2n) is 10.2. The number of ether oxygens (including phenoxy) is 1. The Hall–Kier alpha value is -2.69. The SMILES string of the molecule is CC(=O)Oc1ccccc1C(C)(C)CCO[Si](c1ccccc1)(c1ccccc1)C(C)(C)C. The molecular formula is C29H36O3Si. The van der Waals surface area contributed by atoms with E-state index in [1.807, 2.05) is 24.3 Å². The number of carbonyl (C=O) groups is 1. The Morgan fingerprint density at radius 3 is 1.73 bits per heavy atom. The van der Waals surface area contributed by atoms with E-state index >= 15 is 0 Å². The van der Waals surface area contributed by atoms with Crippen molar-refractivity contribution in [2.75, 3.05) is 6.61 Å². The first-order valence-corrected chi connectivity index (χ1v) is 13.5. The zero-order valence-electron chi connectivity index (χ0n) is 20.7. The zero-order valence-corrected chi connectivity index (χ0v) is 21.7. The van der Waals surface area contributed by atoms with Gasteiger partial charge in [0.2, 0.25) is 0 Å². The molecule has 0 radical (unpaired) electrons. The van der Waals surface area contributed by atoms with Crippen molar-refractivity contribution < 1.29 is 14.0 Å². The number of benzene rings is 3. The van der Waals surface area contributed by atoms with Gasteiger partial charge in [-0.15, -0.1) is 0 Å². The highest BCUT2D eigenvalue weighted by Crippen LogP contribution is 2.39. The van der Waals surface area contributed by atoms with Gasteiger partial charge in [0.15, 0.2) is 0 Å². The Labute approximate surface area is 199 Å². The molecule has 174 valence electrons. The van der Waals surface area contributed by atoms with E-state index in [0.29, 0.717) is 12.4 Å². The predicted octanol–water partition coefficient (Wildman–Crippen LogP) is 5.86. The van der Waals surface area contributed by atoms with Crippen LogP contribution >= 0.6 is 0 Å². The average molecular weight is 461 g/mol. The maximum atomic E-state index is 11.6. The smallest absolute Gasteiger partial charge is 0.308 e. The fourth-order valence-electron chi connectivity index (χ4n) is 4.63. The Morgan fingerprint density at radius 2 is 1.24 bits per heavy atom. The van der Waals surface area contributed by atoms with Crippen LogP contribution in [0.1, 0.15) is 53.5 Å². The summed E-state index contributed by atoms with van der Waals surface area (Å²) in [5, 5.41) is 2.50. The molecule has 0 saturated carbocycles. The van der Waals surface area contributed by atoms with Crippen LogP contribution in [0.5, 0.6) is 5.75 Å². The molecule has 3 aromatic carbocycles. The first kappa shape index (κ1) is 24.9. The molecule has 0 aliphatic rings. The second kappa shape index (κ2) is 10.1. The second-order valence-corrected chi connectivity index (χ2v) is 14.5. The summed E-state index contributed by atoms with van der Waals surface area (Å²) in [5.41, 5.74) is 0.795. The van der Waals surface area contributed by atoms with Gasteiger partial charge in [0.25, 0.3) is 8.32 Å². The summed E-state index contributed by atoms with van der Waals surface area (Å²) in [4.78, 5) is 11.6. The quantitative estimate of drug-likeness (QED) is 0.240. The van der Waals surface area contributed by atoms with Crippen molar-refractivity contribution in [2.45, 2.75) is 58.4 Å². The number of hydrogen-bond acceptors (Lipinski definition) is 3. The zero-order chi connectivity index (χ0) is 24.1. The molecule has 0 unspecified atom stereocenters. The summed E-state index contributed by atoms with van der Waals surface area (Å²) in [6, 6.07) is 29.2. The third kappa shape index (κ3) is 5.45. The minimum Gasteiger partial charge on any atom is -0.426 e. The lowest BCUT2D eigenvalue weighted by atomic mass is 9.81. The number of esters is 1. The van der Waals surface area contributed by atoms with Gasteiger partial charge in [-0.2, -0.15) is 0 Å². The van der Waals surface area contributed by atoms with Crippen LogP contribution in [-0.4, -0.2) is 20.9 Å². The third-order valence-corrected chi connectivity index (χ3v) is 11.4. The van der Waals surface area contributed by atoms with E-state index in [2.05, 4.69) is 95.3 Å².